The number of rotatable bonds is 2. The fourth-order valence-corrected chi connectivity index (χ4v) is 1.59. The number of nitrogen functional groups attached to an aromatic ring is 1. The molecule has 1 aromatic carbocycles. The summed E-state index contributed by atoms with van der Waals surface area (Å²) < 4.78 is 10.2. The highest BCUT2D eigenvalue weighted by Crippen LogP contribution is 2.35. The number of aromatic nitrogens is 1. The number of ether oxygens (including phenoxy) is 1. The molecule has 0 aliphatic rings. The van der Waals surface area contributed by atoms with Crippen LogP contribution < -0.4 is 10.5 Å². The molecule has 0 atom stereocenters. The quantitative estimate of drug-likeness (QED) is 0.814. The molecule has 1 aromatic heterocycles. The maximum Gasteiger partial charge on any atom is 0.230 e. The van der Waals surface area contributed by atoms with Crippen molar-refractivity contribution in [3.05, 3.63) is 30.0 Å². The Morgan fingerprint density at radius 3 is 2.73 bits per heavy atom. The number of benzene rings is 1. The minimum absolute atomic E-state index is 0.305. The number of methoxy groups -OCH3 is 1. The summed E-state index contributed by atoms with van der Waals surface area (Å²) in [7, 11) is 1.63. The van der Waals surface area contributed by atoms with Crippen LogP contribution in [0.15, 0.2) is 28.9 Å². The Balaban J connectivity index is 2.63. The molecule has 1 heterocycles. The van der Waals surface area contributed by atoms with Gasteiger partial charge in [0.15, 0.2) is 0 Å². The summed E-state index contributed by atoms with van der Waals surface area (Å²) in [4.78, 5) is 0. The standard InChI is InChI=1S/C11H12N2O2/c1-7-4-3-5-8(10(7)14-2)9-6-13-15-11(9)12/h3-6H,12H2,1-2H3. The number of nitrogens with two attached hydrogens (primary N) is 1. The van der Waals surface area contributed by atoms with Crippen LogP contribution >= 0.6 is 0 Å². The van der Waals surface area contributed by atoms with Gasteiger partial charge in [-0.1, -0.05) is 23.4 Å². The number of aryl methyl sites for hydroxylation is 1. The Morgan fingerprint density at radius 2 is 2.13 bits per heavy atom. The van der Waals surface area contributed by atoms with Gasteiger partial charge >= 0.3 is 0 Å². The number of hydrogen-bond donors (Lipinski definition) is 1. The number of hydrogen-bond acceptors (Lipinski definition) is 4. The van der Waals surface area contributed by atoms with Crippen molar-refractivity contribution in [3.63, 3.8) is 0 Å². The van der Waals surface area contributed by atoms with Crippen LogP contribution in [-0.4, -0.2) is 12.3 Å². The van der Waals surface area contributed by atoms with Gasteiger partial charge in [-0.05, 0) is 12.5 Å². The summed E-state index contributed by atoms with van der Waals surface area (Å²) in [6.45, 7) is 1.98. The van der Waals surface area contributed by atoms with E-state index in [0.717, 1.165) is 22.4 Å². The minimum Gasteiger partial charge on any atom is -0.496 e. The number of anilines is 1. The second kappa shape index (κ2) is 3.65. The molecule has 0 bridgehead atoms. The fraction of sp³-hybridized carbons (Fsp3) is 0.182. The molecule has 0 aliphatic heterocycles. The summed E-state index contributed by atoms with van der Waals surface area (Å²) >= 11 is 0. The fourth-order valence-electron chi connectivity index (χ4n) is 1.59. The summed E-state index contributed by atoms with van der Waals surface area (Å²) in [6, 6.07) is 5.85. The predicted octanol–water partition coefficient (Wildman–Crippen LogP) is 2.24. The average Bonchev–Trinajstić information content (AvgIpc) is 2.64. The highest BCUT2D eigenvalue weighted by Gasteiger charge is 2.13. The van der Waals surface area contributed by atoms with Gasteiger partial charge in [0.1, 0.15) is 5.75 Å². The van der Waals surface area contributed by atoms with E-state index in [0.29, 0.717) is 5.88 Å². The highest BCUT2D eigenvalue weighted by molar-refractivity contribution is 5.78. The Labute approximate surface area is 87.6 Å². The lowest BCUT2D eigenvalue weighted by Crippen LogP contribution is -1.92. The lowest BCUT2D eigenvalue weighted by molar-refractivity contribution is 0.413. The first-order valence-electron chi connectivity index (χ1n) is 4.58. The lowest BCUT2D eigenvalue weighted by Gasteiger charge is -2.09. The van der Waals surface area contributed by atoms with E-state index >= 15 is 0 Å². The van der Waals surface area contributed by atoms with Crippen molar-refractivity contribution in [3.8, 4) is 16.9 Å². The van der Waals surface area contributed by atoms with Crippen LogP contribution in [0.25, 0.3) is 11.1 Å². The van der Waals surface area contributed by atoms with E-state index < -0.39 is 0 Å². The molecule has 0 fully saturated rings. The Morgan fingerprint density at radius 1 is 1.33 bits per heavy atom. The molecule has 0 saturated heterocycles. The highest BCUT2D eigenvalue weighted by atomic mass is 16.5. The number of para-hydroxylation sites is 1. The maximum absolute atomic E-state index is 5.66. The van der Waals surface area contributed by atoms with Crippen molar-refractivity contribution >= 4 is 5.88 Å². The second-order valence-electron chi connectivity index (χ2n) is 3.26. The molecule has 78 valence electrons. The molecule has 0 amide bonds. The summed E-state index contributed by atoms with van der Waals surface area (Å²) in [5, 5.41) is 3.65. The van der Waals surface area contributed by atoms with E-state index in [1.54, 1.807) is 13.3 Å². The van der Waals surface area contributed by atoms with Crippen LogP contribution in [0.4, 0.5) is 5.88 Å². The minimum atomic E-state index is 0.305. The molecule has 0 radical (unpaired) electrons. The van der Waals surface area contributed by atoms with Crippen molar-refractivity contribution < 1.29 is 9.26 Å². The van der Waals surface area contributed by atoms with E-state index in [9.17, 15) is 0 Å². The van der Waals surface area contributed by atoms with Gasteiger partial charge in [0.25, 0.3) is 0 Å². The van der Waals surface area contributed by atoms with Crippen LogP contribution in [0.1, 0.15) is 5.56 Å². The average molecular weight is 204 g/mol. The molecule has 0 saturated carbocycles. The van der Waals surface area contributed by atoms with Crippen LogP contribution in [0.2, 0.25) is 0 Å². The van der Waals surface area contributed by atoms with E-state index in [4.69, 9.17) is 15.0 Å². The van der Waals surface area contributed by atoms with Crippen molar-refractivity contribution in [1.29, 1.82) is 0 Å². The van der Waals surface area contributed by atoms with Gasteiger partial charge < -0.3 is 15.0 Å². The largest absolute Gasteiger partial charge is 0.496 e. The van der Waals surface area contributed by atoms with Gasteiger partial charge in [-0.2, -0.15) is 0 Å². The summed E-state index contributed by atoms with van der Waals surface area (Å²) in [5.74, 6) is 1.10. The topological polar surface area (TPSA) is 61.3 Å². The predicted molar refractivity (Wildman–Crippen MR) is 57.6 cm³/mol. The van der Waals surface area contributed by atoms with Crippen molar-refractivity contribution in [2.75, 3.05) is 12.8 Å². The van der Waals surface area contributed by atoms with Gasteiger partial charge in [0.05, 0.1) is 18.9 Å². The summed E-state index contributed by atoms with van der Waals surface area (Å²) in [5.41, 5.74) is 8.37. The third kappa shape index (κ3) is 1.54. The third-order valence-corrected chi connectivity index (χ3v) is 2.30. The second-order valence-corrected chi connectivity index (χ2v) is 3.26. The van der Waals surface area contributed by atoms with E-state index in [-0.39, 0.29) is 0 Å². The molecule has 0 unspecified atom stereocenters. The lowest BCUT2D eigenvalue weighted by atomic mass is 10.0. The van der Waals surface area contributed by atoms with Crippen molar-refractivity contribution in [2.24, 2.45) is 0 Å². The van der Waals surface area contributed by atoms with Gasteiger partial charge in [-0.3, -0.25) is 0 Å². The molecule has 0 aliphatic carbocycles. The van der Waals surface area contributed by atoms with Crippen LogP contribution in [0.3, 0.4) is 0 Å². The van der Waals surface area contributed by atoms with Crippen molar-refractivity contribution in [2.45, 2.75) is 6.92 Å². The van der Waals surface area contributed by atoms with E-state index in [1.807, 2.05) is 25.1 Å². The monoisotopic (exact) mass is 204 g/mol. The molecule has 2 rings (SSSR count). The van der Waals surface area contributed by atoms with Crippen LogP contribution in [-0.2, 0) is 0 Å². The zero-order chi connectivity index (χ0) is 10.8. The smallest absolute Gasteiger partial charge is 0.230 e. The first kappa shape index (κ1) is 9.58. The van der Waals surface area contributed by atoms with Gasteiger partial charge in [0.2, 0.25) is 5.88 Å². The maximum atomic E-state index is 5.66. The Kier molecular flexibility index (Phi) is 2.33. The first-order chi connectivity index (χ1) is 7.24. The zero-order valence-electron chi connectivity index (χ0n) is 8.65. The molecular formula is C11H12N2O2. The van der Waals surface area contributed by atoms with E-state index in [2.05, 4.69) is 5.16 Å². The third-order valence-electron chi connectivity index (χ3n) is 2.30. The van der Waals surface area contributed by atoms with Crippen LogP contribution in [0, 0.1) is 6.92 Å². The molecule has 4 nitrogen and oxygen atoms in total. The van der Waals surface area contributed by atoms with Gasteiger partial charge in [-0.15, -0.1) is 0 Å². The zero-order valence-corrected chi connectivity index (χ0v) is 8.65. The molecule has 0 spiro atoms. The Bertz CT molecular complexity index is 477. The Hall–Kier alpha value is -1.97. The molecule has 4 heteroatoms. The van der Waals surface area contributed by atoms with Gasteiger partial charge in [-0.25, -0.2) is 0 Å². The number of nitrogens with zero attached hydrogens (tertiary/aromatic N) is 1. The molecule has 2 aromatic rings. The molecule has 2 N–H and O–H groups in total. The van der Waals surface area contributed by atoms with Crippen molar-refractivity contribution in [1.82, 2.24) is 5.16 Å². The first-order valence-corrected chi connectivity index (χ1v) is 4.58. The van der Waals surface area contributed by atoms with Gasteiger partial charge in [0, 0.05) is 5.56 Å². The SMILES string of the molecule is COc1c(C)cccc1-c1cnoc1N. The van der Waals surface area contributed by atoms with Crippen LogP contribution in [0.5, 0.6) is 5.75 Å². The molecule has 15 heavy (non-hydrogen) atoms. The van der Waals surface area contributed by atoms with E-state index in [1.165, 1.54) is 0 Å². The normalized spacial score (nSPS) is 10.3. The molecular weight excluding hydrogens is 192 g/mol. The summed E-state index contributed by atoms with van der Waals surface area (Å²) in [6.07, 6.45) is 1.59.